The molecule has 31 heavy (non-hydrogen) atoms. The lowest BCUT2D eigenvalue weighted by Gasteiger charge is -2.29. The van der Waals surface area contributed by atoms with Gasteiger partial charge in [-0.15, -0.1) is 0 Å². The summed E-state index contributed by atoms with van der Waals surface area (Å²) in [6, 6.07) is 2.74. The van der Waals surface area contributed by atoms with Crippen LogP contribution in [-0.2, 0) is 30.5 Å². The topological polar surface area (TPSA) is 56.2 Å². The summed E-state index contributed by atoms with van der Waals surface area (Å²) in [5.74, 6) is -0.110. The number of hydrogen-bond donors (Lipinski definition) is 1. The molecule has 0 spiro atoms. The molecule has 9 heteroatoms. The van der Waals surface area contributed by atoms with Crippen molar-refractivity contribution in [3.05, 3.63) is 51.3 Å². The average molecular weight is 456 g/mol. The molecule has 1 amide bonds. The van der Waals surface area contributed by atoms with E-state index in [2.05, 4.69) is 16.9 Å². The molecular weight excluding hydrogens is 431 g/mol. The van der Waals surface area contributed by atoms with E-state index in [0.29, 0.717) is 19.1 Å². The van der Waals surface area contributed by atoms with E-state index in [9.17, 15) is 18.0 Å². The first-order valence-corrected chi connectivity index (χ1v) is 10.9. The summed E-state index contributed by atoms with van der Waals surface area (Å²) in [5, 5.41) is 7.63. The Balaban J connectivity index is 1.34. The number of ether oxygens (including phenoxy) is 1. The van der Waals surface area contributed by atoms with Crippen LogP contribution in [-0.4, -0.2) is 28.3 Å². The zero-order chi connectivity index (χ0) is 22.2. The molecule has 0 bridgehead atoms. The van der Waals surface area contributed by atoms with Crippen LogP contribution < -0.4 is 5.32 Å². The molecule has 0 saturated heterocycles. The highest BCUT2D eigenvalue weighted by molar-refractivity contribution is 6.33. The van der Waals surface area contributed by atoms with E-state index in [1.54, 1.807) is 0 Å². The number of carbonyl (C=O) groups excluding carboxylic acids is 1. The predicted octanol–water partition coefficient (Wildman–Crippen LogP) is 4.93. The Hall–Kier alpha value is -2.06. The van der Waals surface area contributed by atoms with Crippen molar-refractivity contribution in [3.63, 3.8) is 0 Å². The molecule has 168 valence electrons. The van der Waals surface area contributed by atoms with E-state index < -0.39 is 17.6 Å². The quantitative estimate of drug-likeness (QED) is 0.711. The molecule has 0 atom stereocenters. The van der Waals surface area contributed by atoms with E-state index in [4.69, 9.17) is 21.4 Å². The molecule has 1 fully saturated rings. The lowest BCUT2D eigenvalue weighted by Crippen LogP contribution is -2.38. The number of hydrogen-bond acceptors (Lipinski definition) is 3. The third-order valence-electron chi connectivity index (χ3n) is 6.29. The minimum Gasteiger partial charge on any atom is -0.376 e. The fourth-order valence-corrected chi connectivity index (χ4v) is 4.63. The normalized spacial score (nSPS) is 21.6. The van der Waals surface area contributed by atoms with Crippen LogP contribution in [0.25, 0.3) is 0 Å². The van der Waals surface area contributed by atoms with Gasteiger partial charge in [0.25, 0.3) is 5.91 Å². The molecule has 1 saturated carbocycles. The van der Waals surface area contributed by atoms with E-state index in [1.807, 2.05) is 0 Å². The lowest BCUT2D eigenvalue weighted by molar-refractivity contribution is -0.137. The average Bonchev–Trinajstić information content (AvgIpc) is 3.04. The van der Waals surface area contributed by atoms with Crippen LogP contribution in [0.15, 0.2) is 18.2 Å². The molecule has 2 aliphatic rings. The molecule has 0 radical (unpaired) electrons. The van der Waals surface area contributed by atoms with Crippen LogP contribution in [0.3, 0.4) is 0 Å². The fraction of sp³-hybridized carbons (Fsp3) is 0.545. The largest absolute Gasteiger partial charge is 0.416 e. The molecule has 1 aliphatic carbocycles. The third kappa shape index (κ3) is 4.90. The number of carbonyl (C=O) groups is 1. The van der Waals surface area contributed by atoms with Crippen LogP contribution in [0.2, 0.25) is 5.02 Å². The lowest BCUT2D eigenvalue weighted by atomic mass is 9.86. The summed E-state index contributed by atoms with van der Waals surface area (Å²) >= 11 is 5.98. The van der Waals surface area contributed by atoms with E-state index in [-0.39, 0.29) is 16.6 Å². The van der Waals surface area contributed by atoms with Crippen LogP contribution in [0, 0.1) is 12.8 Å². The first-order valence-electron chi connectivity index (χ1n) is 10.5. The number of halogens is 4. The molecular formula is C22H25ClF3N3O2. The van der Waals surface area contributed by atoms with Gasteiger partial charge in [-0.3, -0.25) is 9.48 Å². The van der Waals surface area contributed by atoms with Gasteiger partial charge in [0.1, 0.15) is 0 Å². The minimum atomic E-state index is -4.52. The summed E-state index contributed by atoms with van der Waals surface area (Å²) in [6.07, 6.45) is -0.288. The standard InChI is InChI=1S/C22H25ClF3N3O2/c1-13-18-12-31-9-8-20(18)28-29(13)11-14-2-5-16(6-3-14)27-21(30)17-10-15(22(24,25)26)4-7-19(17)23/h4,7,10,14,16H,2-3,5-6,8-9,11-12H2,1H3,(H,27,30)/t14-,16-. The maximum absolute atomic E-state index is 13.0. The Labute approximate surface area is 183 Å². The molecule has 2 aromatic rings. The van der Waals surface area contributed by atoms with Gasteiger partial charge in [-0.2, -0.15) is 18.3 Å². The van der Waals surface area contributed by atoms with Crippen LogP contribution >= 0.6 is 11.6 Å². The zero-order valence-electron chi connectivity index (χ0n) is 17.3. The van der Waals surface area contributed by atoms with Gasteiger partial charge in [-0.05, 0) is 56.7 Å². The van der Waals surface area contributed by atoms with Crippen molar-refractivity contribution in [1.82, 2.24) is 15.1 Å². The highest BCUT2D eigenvalue weighted by Gasteiger charge is 2.32. The number of fused-ring (bicyclic) bond motifs is 1. The van der Waals surface area contributed by atoms with Crippen molar-refractivity contribution in [3.8, 4) is 0 Å². The van der Waals surface area contributed by atoms with E-state index >= 15 is 0 Å². The number of rotatable bonds is 4. The molecule has 1 aromatic heterocycles. The number of alkyl halides is 3. The summed E-state index contributed by atoms with van der Waals surface area (Å²) < 4.78 is 46.5. The van der Waals surface area contributed by atoms with Crippen molar-refractivity contribution in [2.24, 2.45) is 5.92 Å². The van der Waals surface area contributed by atoms with Crippen molar-refractivity contribution in [2.75, 3.05) is 6.61 Å². The summed E-state index contributed by atoms with van der Waals surface area (Å²) in [6.45, 7) is 4.24. The zero-order valence-corrected chi connectivity index (χ0v) is 18.0. The summed E-state index contributed by atoms with van der Waals surface area (Å²) in [5.41, 5.74) is 2.46. The fourth-order valence-electron chi connectivity index (χ4n) is 4.43. The number of benzene rings is 1. The molecule has 1 N–H and O–H groups in total. The minimum absolute atomic E-state index is 0.0151. The summed E-state index contributed by atoms with van der Waals surface area (Å²) in [7, 11) is 0. The SMILES string of the molecule is Cc1c2c(nn1C[C@H]1CC[C@H](NC(=O)c3cc(C(F)(F)F)ccc3Cl)CC1)CCOC2. The monoisotopic (exact) mass is 455 g/mol. The van der Waals surface area contributed by atoms with Crippen LogP contribution in [0.4, 0.5) is 13.2 Å². The predicted molar refractivity (Wildman–Crippen MR) is 110 cm³/mol. The molecule has 1 aromatic carbocycles. The highest BCUT2D eigenvalue weighted by Crippen LogP contribution is 2.32. The Bertz CT molecular complexity index is 966. The van der Waals surface area contributed by atoms with Gasteiger partial charge in [0, 0.05) is 30.3 Å². The first kappa shape index (κ1) is 22.1. The summed E-state index contributed by atoms with van der Waals surface area (Å²) in [4.78, 5) is 12.6. The van der Waals surface area contributed by atoms with Gasteiger partial charge in [0.2, 0.25) is 0 Å². The van der Waals surface area contributed by atoms with Gasteiger partial charge in [-0.1, -0.05) is 11.6 Å². The number of amides is 1. The maximum Gasteiger partial charge on any atom is 0.416 e. The first-order chi connectivity index (χ1) is 14.7. The number of nitrogens with one attached hydrogen (secondary N) is 1. The Morgan fingerprint density at radius 2 is 2.03 bits per heavy atom. The van der Waals surface area contributed by atoms with Crippen molar-refractivity contribution in [1.29, 1.82) is 0 Å². The molecule has 2 heterocycles. The molecule has 4 rings (SSSR count). The van der Waals surface area contributed by atoms with E-state index in [1.165, 1.54) is 5.56 Å². The van der Waals surface area contributed by atoms with Gasteiger partial charge < -0.3 is 10.1 Å². The van der Waals surface area contributed by atoms with Crippen LogP contribution in [0.5, 0.6) is 0 Å². The Morgan fingerprint density at radius 1 is 1.29 bits per heavy atom. The smallest absolute Gasteiger partial charge is 0.376 e. The number of nitrogens with zero attached hydrogens (tertiary/aromatic N) is 2. The van der Waals surface area contributed by atoms with Crippen molar-refractivity contribution in [2.45, 2.75) is 64.4 Å². The van der Waals surface area contributed by atoms with Crippen molar-refractivity contribution < 1.29 is 22.7 Å². The van der Waals surface area contributed by atoms with Gasteiger partial charge in [0.05, 0.1) is 35.1 Å². The van der Waals surface area contributed by atoms with Crippen molar-refractivity contribution >= 4 is 17.5 Å². The third-order valence-corrected chi connectivity index (χ3v) is 6.62. The highest BCUT2D eigenvalue weighted by atomic mass is 35.5. The van der Waals surface area contributed by atoms with E-state index in [0.717, 1.165) is 68.2 Å². The molecule has 0 unspecified atom stereocenters. The Morgan fingerprint density at radius 3 is 2.71 bits per heavy atom. The second kappa shape index (κ2) is 8.82. The Kier molecular flexibility index (Phi) is 6.30. The second-order valence-corrected chi connectivity index (χ2v) is 8.79. The van der Waals surface area contributed by atoms with Gasteiger partial charge >= 0.3 is 6.18 Å². The number of aromatic nitrogens is 2. The van der Waals surface area contributed by atoms with Gasteiger partial charge in [-0.25, -0.2) is 0 Å². The molecule has 1 aliphatic heterocycles. The second-order valence-electron chi connectivity index (χ2n) is 8.38. The molecule has 5 nitrogen and oxygen atoms in total. The van der Waals surface area contributed by atoms with Gasteiger partial charge in [0.15, 0.2) is 0 Å². The van der Waals surface area contributed by atoms with Crippen LogP contribution in [0.1, 0.15) is 58.6 Å². The maximum atomic E-state index is 13.0.